The molecule has 1 heterocycles. The van der Waals surface area contributed by atoms with Gasteiger partial charge in [0.1, 0.15) is 5.82 Å². The van der Waals surface area contributed by atoms with Crippen LogP contribution in [0.15, 0.2) is 84.9 Å². The fourth-order valence-electron chi connectivity index (χ4n) is 5.10. The van der Waals surface area contributed by atoms with Gasteiger partial charge >= 0.3 is 5.97 Å². The molecule has 0 radical (unpaired) electrons. The van der Waals surface area contributed by atoms with Crippen LogP contribution in [0.2, 0.25) is 5.02 Å². The summed E-state index contributed by atoms with van der Waals surface area (Å²) in [5, 5.41) is 13.4. The average molecular weight is 555 g/mol. The van der Waals surface area contributed by atoms with Crippen molar-refractivity contribution in [3.05, 3.63) is 129 Å². The second-order valence-electron chi connectivity index (χ2n) is 9.91. The van der Waals surface area contributed by atoms with Crippen LogP contribution in [0.4, 0.5) is 4.39 Å². The highest BCUT2D eigenvalue weighted by Crippen LogP contribution is 2.30. The number of amides is 1. The number of carboxylic acid groups (broad SMARTS) is 1. The molecule has 5 aromatic rings. The minimum atomic E-state index is -0.954. The summed E-state index contributed by atoms with van der Waals surface area (Å²) in [5.41, 5.74) is 7.07. The zero-order valence-electron chi connectivity index (χ0n) is 22.3. The van der Waals surface area contributed by atoms with E-state index < -0.39 is 17.8 Å². The molecule has 1 atom stereocenters. The Morgan fingerprint density at radius 3 is 2.42 bits per heavy atom. The molecule has 40 heavy (non-hydrogen) atoms. The van der Waals surface area contributed by atoms with E-state index in [2.05, 4.69) is 16.8 Å². The maximum Gasteiger partial charge on any atom is 0.336 e. The van der Waals surface area contributed by atoms with Crippen LogP contribution in [0, 0.1) is 19.7 Å². The predicted molar refractivity (Wildman–Crippen MR) is 157 cm³/mol. The van der Waals surface area contributed by atoms with Gasteiger partial charge in [-0.3, -0.25) is 4.79 Å². The number of nitrogens with one attached hydrogen (secondary N) is 1. The molecule has 0 spiro atoms. The Kier molecular flexibility index (Phi) is 7.46. The number of fused-ring (bicyclic) bond motifs is 1. The van der Waals surface area contributed by atoms with Crippen LogP contribution in [-0.4, -0.2) is 21.6 Å². The highest BCUT2D eigenvalue weighted by atomic mass is 35.5. The Labute approximate surface area is 236 Å². The number of carbonyl (C=O) groups is 2. The first-order chi connectivity index (χ1) is 19.2. The van der Waals surface area contributed by atoms with Crippen molar-refractivity contribution in [2.75, 3.05) is 0 Å². The van der Waals surface area contributed by atoms with Gasteiger partial charge in [-0.2, -0.15) is 0 Å². The lowest BCUT2D eigenvalue weighted by Gasteiger charge is -2.16. The van der Waals surface area contributed by atoms with E-state index in [1.54, 1.807) is 37.3 Å². The summed E-state index contributed by atoms with van der Waals surface area (Å²) in [6.07, 6.45) is 0. The Morgan fingerprint density at radius 2 is 1.70 bits per heavy atom. The molecule has 0 saturated carbocycles. The zero-order chi connectivity index (χ0) is 28.6. The molecule has 0 aliphatic carbocycles. The molecule has 1 unspecified atom stereocenters. The van der Waals surface area contributed by atoms with Crippen LogP contribution in [0.1, 0.15) is 56.1 Å². The first kappa shape index (κ1) is 27.2. The summed E-state index contributed by atoms with van der Waals surface area (Å²) in [7, 11) is 0. The molecule has 0 aliphatic heterocycles. The van der Waals surface area contributed by atoms with E-state index in [1.165, 1.54) is 6.07 Å². The number of halogens is 2. The van der Waals surface area contributed by atoms with Crippen molar-refractivity contribution in [2.24, 2.45) is 0 Å². The Bertz CT molecular complexity index is 1760. The van der Waals surface area contributed by atoms with Gasteiger partial charge in [-0.1, -0.05) is 66.2 Å². The molecule has 1 amide bonds. The van der Waals surface area contributed by atoms with E-state index in [-0.39, 0.29) is 16.5 Å². The molecule has 0 bridgehead atoms. The molecule has 202 valence electrons. The van der Waals surface area contributed by atoms with Crippen LogP contribution in [-0.2, 0) is 6.54 Å². The smallest absolute Gasteiger partial charge is 0.336 e. The molecule has 0 fully saturated rings. The van der Waals surface area contributed by atoms with Crippen molar-refractivity contribution in [1.29, 1.82) is 0 Å². The van der Waals surface area contributed by atoms with Gasteiger partial charge in [0.15, 0.2) is 0 Å². The van der Waals surface area contributed by atoms with Crippen molar-refractivity contribution in [3.8, 4) is 11.1 Å². The van der Waals surface area contributed by atoms with E-state index in [0.29, 0.717) is 23.2 Å². The number of benzene rings is 4. The van der Waals surface area contributed by atoms with Crippen LogP contribution in [0.3, 0.4) is 0 Å². The largest absolute Gasteiger partial charge is 0.478 e. The number of nitrogens with zero attached hydrogens (tertiary/aromatic N) is 1. The molecular weight excluding hydrogens is 527 g/mol. The summed E-state index contributed by atoms with van der Waals surface area (Å²) >= 11 is 6.11. The monoisotopic (exact) mass is 554 g/mol. The van der Waals surface area contributed by atoms with Gasteiger partial charge in [0.25, 0.3) is 5.91 Å². The average Bonchev–Trinajstić information content (AvgIpc) is 3.19. The van der Waals surface area contributed by atoms with Crippen molar-refractivity contribution < 1.29 is 19.1 Å². The van der Waals surface area contributed by atoms with Crippen molar-refractivity contribution in [2.45, 2.75) is 33.4 Å². The minimum absolute atomic E-state index is 0.00780. The lowest BCUT2D eigenvalue weighted by atomic mass is 9.99. The van der Waals surface area contributed by atoms with Gasteiger partial charge in [0.2, 0.25) is 0 Å². The SMILES string of the molecule is Cc1c(C)n(Cc2ccc(-c3ccccc3C(=O)O)cc2)c2ccc(C(=O)NC(C)c3cccc(F)c3Cl)cc12. The fourth-order valence-corrected chi connectivity index (χ4v) is 5.39. The van der Waals surface area contributed by atoms with Crippen LogP contribution in [0.5, 0.6) is 0 Å². The van der Waals surface area contributed by atoms with Crippen LogP contribution < -0.4 is 5.32 Å². The minimum Gasteiger partial charge on any atom is -0.478 e. The lowest BCUT2D eigenvalue weighted by Crippen LogP contribution is -2.26. The number of aryl methyl sites for hydroxylation is 1. The molecule has 4 aromatic carbocycles. The predicted octanol–water partition coefficient (Wildman–Crippen LogP) is 7.96. The van der Waals surface area contributed by atoms with Gasteiger partial charge in [0, 0.05) is 28.7 Å². The highest BCUT2D eigenvalue weighted by Gasteiger charge is 2.18. The van der Waals surface area contributed by atoms with Crippen molar-refractivity contribution in [1.82, 2.24) is 9.88 Å². The number of rotatable bonds is 7. The third kappa shape index (κ3) is 5.10. The summed E-state index contributed by atoms with van der Waals surface area (Å²) in [6.45, 7) is 6.49. The Hall–Kier alpha value is -4.42. The molecule has 1 aromatic heterocycles. The highest BCUT2D eigenvalue weighted by molar-refractivity contribution is 6.31. The first-order valence-electron chi connectivity index (χ1n) is 12.9. The van der Waals surface area contributed by atoms with Gasteiger partial charge in [-0.05, 0) is 78.9 Å². The number of aromatic nitrogens is 1. The van der Waals surface area contributed by atoms with Crippen LogP contribution >= 0.6 is 11.6 Å². The summed E-state index contributed by atoms with van der Waals surface area (Å²) in [6, 6.07) is 24.6. The van der Waals surface area contributed by atoms with Gasteiger partial charge in [-0.25, -0.2) is 9.18 Å². The van der Waals surface area contributed by atoms with E-state index in [1.807, 2.05) is 55.5 Å². The molecule has 7 heteroatoms. The molecule has 5 nitrogen and oxygen atoms in total. The topological polar surface area (TPSA) is 71.3 Å². The number of hydrogen-bond acceptors (Lipinski definition) is 2. The van der Waals surface area contributed by atoms with E-state index in [9.17, 15) is 19.1 Å². The van der Waals surface area contributed by atoms with E-state index in [4.69, 9.17) is 11.6 Å². The number of carbonyl (C=O) groups excluding carboxylic acids is 1. The number of aromatic carboxylic acids is 1. The van der Waals surface area contributed by atoms with Gasteiger partial charge < -0.3 is 15.0 Å². The summed E-state index contributed by atoms with van der Waals surface area (Å²) in [5.74, 6) is -1.74. The fraction of sp³-hybridized carbons (Fsp3) is 0.152. The van der Waals surface area contributed by atoms with E-state index in [0.717, 1.165) is 33.3 Å². The molecule has 0 aliphatic rings. The van der Waals surface area contributed by atoms with Gasteiger partial charge in [0.05, 0.1) is 16.6 Å². The standard InChI is InChI=1S/C33H28ClFN2O3/c1-19-21(3)37(18-22-11-13-23(14-12-22)26-7-4-5-8-27(26)33(39)40)30-16-15-24(17-28(19)30)32(38)36-20(2)25-9-6-10-29(35)31(25)34/h4-17,20H,18H2,1-3H3,(H,36,38)(H,39,40). The quantitative estimate of drug-likeness (QED) is 0.214. The summed E-state index contributed by atoms with van der Waals surface area (Å²) in [4.78, 5) is 24.7. The first-order valence-corrected chi connectivity index (χ1v) is 13.3. The molecule has 5 rings (SSSR count). The van der Waals surface area contributed by atoms with Gasteiger partial charge in [-0.15, -0.1) is 0 Å². The molecular formula is C33H28ClFN2O3. The summed E-state index contributed by atoms with van der Waals surface area (Å²) < 4.78 is 16.1. The number of hydrogen-bond donors (Lipinski definition) is 2. The second kappa shape index (κ2) is 11.0. The normalized spacial score (nSPS) is 11.9. The second-order valence-corrected chi connectivity index (χ2v) is 10.3. The van der Waals surface area contributed by atoms with Crippen molar-refractivity contribution >= 4 is 34.4 Å². The maximum absolute atomic E-state index is 13.9. The van der Waals surface area contributed by atoms with Crippen LogP contribution in [0.25, 0.3) is 22.0 Å². The molecule has 0 saturated heterocycles. The lowest BCUT2D eigenvalue weighted by molar-refractivity contribution is 0.0697. The third-order valence-corrected chi connectivity index (χ3v) is 7.86. The zero-order valence-corrected chi connectivity index (χ0v) is 23.1. The number of carboxylic acids is 1. The maximum atomic E-state index is 13.9. The molecule has 2 N–H and O–H groups in total. The Morgan fingerprint density at radius 1 is 0.975 bits per heavy atom. The van der Waals surface area contributed by atoms with Crippen molar-refractivity contribution in [3.63, 3.8) is 0 Å². The third-order valence-electron chi connectivity index (χ3n) is 7.46. The van der Waals surface area contributed by atoms with E-state index >= 15 is 0 Å². The Balaban J connectivity index is 1.39.